The average Bonchev–Trinajstić information content (AvgIpc) is 2.69. The van der Waals surface area contributed by atoms with Crippen molar-refractivity contribution >= 4 is 12.1 Å². The molecule has 0 spiro atoms. The monoisotopic (exact) mass is 245 g/mol. The van der Waals surface area contributed by atoms with Crippen molar-refractivity contribution in [2.75, 3.05) is 20.8 Å². The van der Waals surface area contributed by atoms with Gasteiger partial charge in [0.15, 0.2) is 0 Å². The van der Waals surface area contributed by atoms with Crippen LogP contribution in [0.25, 0.3) is 0 Å². The van der Waals surface area contributed by atoms with Gasteiger partial charge >= 0.3 is 12.1 Å². The van der Waals surface area contributed by atoms with Crippen molar-refractivity contribution in [1.29, 1.82) is 0 Å². The Kier molecular flexibility index (Phi) is 3.98. The summed E-state index contributed by atoms with van der Waals surface area (Å²) in [4.78, 5) is 24.6. The third kappa shape index (κ3) is 2.52. The van der Waals surface area contributed by atoms with Crippen molar-refractivity contribution in [1.82, 2.24) is 4.90 Å². The number of ether oxygens (including phenoxy) is 2. The quantitative estimate of drug-likeness (QED) is 0.712. The minimum atomic E-state index is -0.875. The SMILES string of the molecule is COC(=O)N1C[C@H](O)C[C@@H]1C(C)(C)C(=O)OC. The molecule has 1 fully saturated rings. The highest BCUT2D eigenvalue weighted by Gasteiger charge is 2.48. The number of nitrogens with zero attached hydrogens (tertiary/aromatic N) is 1. The second-order valence-corrected chi connectivity index (χ2v) is 4.74. The Labute approximate surface area is 100 Å². The smallest absolute Gasteiger partial charge is 0.409 e. The first kappa shape index (κ1) is 13.8. The largest absolute Gasteiger partial charge is 0.469 e. The third-order valence-electron chi connectivity index (χ3n) is 3.23. The van der Waals surface area contributed by atoms with E-state index in [0.29, 0.717) is 6.42 Å². The van der Waals surface area contributed by atoms with Crippen LogP contribution in [0.3, 0.4) is 0 Å². The van der Waals surface area contributed by atoms with Crippen molar-refractivity contribution in [2.24, 2.45) is 5.41 Å². The van der Waals surface area contributed by atoms with E-state index in [4.69, 9.17) is 4.74 Å². The van der Waals surface area contributed by atoms with E-state index in [2.05, 4.69) is 4.74 Å². The lowest BCUT2D eigenvalue weighted by atomic mass is 9.83. The number of aliphatic hydroxyl groups excluding tert-OH is 1. The molecule has 1 saturated heterocycles. The first-order chi connectivity index (χ1) is 7.84. The highest BCUT2D eigenvalue weighted by molar-refractivity contribution is 5.78. The second kappa shape index (κ2) is 4.91. The maximum absolute atomic E-state index is 11.7. The molecule has 0 saturated carbocycles. The van der Waals surface area contributed by atoms with Crippen molar-refractivity contribution in [3.05, 3.63) is 0 Å². The summed E-state index contributed by atoms with van der Waals surface area (Å²) in [6, 6.07) is -0.419. The van der Waals surface area contributed by atoms with Crippen LogP contribution < -0.4 is 0 Å². The van der Waals surface area contributed by atoms with Crippen LogP contribution in [0.15, 0.2) is 0 Å². The van der Waals surface area contributed by atoms with E-state index in [0.717, 1.165) is 0 Å². The van der Waals surface area contributed by atoms with Crippen LogP contribution in [0.4, 0.5) is 4.79 Å². The molecule has 0 bridgehead atoms. The molecule has 0 radical (unpaired) electrons. The number of β-amino-alcohol motifs (C(OH)–C–C–N with tert-alkyl or cyclic N) is 1. The zero-order chi connectivity index (χ0) is 13.2. The summed E-state index contributed by atoms with van der Waals surface area (Å²) in [6.45, 7) is 3.56. The van der Waals surface area contributed by atoms with Crippen LogP contribution in [-0.4, -0.2) is 55.0 Å². The molecule has 6 nitrogen and oxygen atoms in total. The lowest BCUT2D eigenvalue weighted by Gasteiger charge is -2.34. The Morgan fingerprint density at radius 1 is 1.29 bits per heavy atom. The molecule has 0 aromatic heterocycles. The molecule has 0 aliphatic carbocycles. The Hall–Kier alpha value is -1.30. The third-order valence-corrected chi connectivity index (χ3v) is 3.23. The molecule has 0 unspecified atom stereocenters. The average molecular weight is 245 g/mol. The molecule has 1 rings (SSSR count). The van der Waals surface area contributed by atoms with E-state index in [9.17, 15) is 14.7 Å². The molecule has 1 aliphatic heterocycles. The molecule has 98 valence electrons. The molecule has 17 heavy (non-hydrogen) atoms. The lowest BCUT2D eigenvalue weighted by Crippen LogP contribution is -2.48. The van der Waals surface area contributed by atoms with Gasteiger partial charge in [0.25, 0.3) is 0 Å². The number of likely N-dealkylation sites (tertiary alicyclic amines) is 1. The zero-order valence-corrected chi connectivity index (χ0v) is 10.6. The van der Waals surface area contributed by atoms with Crippen LogP contribution in [-0.2, 0) is 14.3 Å². The molecule has 1 aliphatic rings. The summed E-state index contributed by atoms with van der Waals surface area (Å²) in [5.74, 6) is -0.412. The molecule has 0 aromatic rings. The van der Waals surface area contributed by atoms with E-state index in [1.165, 1.54) is 19.1 Å². The number of carbonyl (C=O) groups is 2. The van der Waals surface area contributed by atoms with Crippen molar-refractivity contribution in [2.45, 2.75) is 32.4 Å². The summed E-state index contributed by atoms with van der Waals surface area (Å²) >= 11 is 0. The van der Waals surface area contributed by atoms with Crippen LogP contribution in [0, 0.1) is 5.41 Å². The van der Waals surface area contributed by atoms with Crippen molar-refractivity contribution in [3.8, 4) is 0 Å². The first-order valence-corrected chi connectivity index (χ1v) is 5.45. The summed E-state index contributed by atoms with van der Waals surface area (Å²) in [6.07, 6.45) is -0.830. The maximum Gasteiger partial charge on any atom is 0.409 e. The van der Waals surface area contributed by atoms with Crippen molar-refractivity contribution in [3.63, 3.8) is 0 Å². The number of esters is 1. The minimum Gasteiger partial charge on any atom is -0.469 e. The van der Waals surface area contributed by atoms with Gasteiger partial charge in [0.2, 0.25) is 0 Å². The summed E-state index contributed by atoms with van der Waals surface area (Å²) in [7, 11) is 2.58. The topological polar surface area (TPSA) is 76.1 Å². The Morgan fingerprint density at radius 2 is 1.88 bits per heavy atom. The van der Waals surface area contributed by atoms with Crippen molar-refractivity contribution < 1.29 is 24.2 Å². The Morgan fingerprint density at radius 3 is 2.35 bits per heavy atom. The summed E-state index contributed by atoms with van der Waals surface area (Å²) in [5.41, 5.74) is -0.875. The first-order valence-electron chi connectivity index (χ1n) is 5.45. The van der Waals surface area contributed by atoms with Crippen LogP contribution in [0.1, 0.15) is 20.3 Å². The van der Waals surface area contributed by atoms with Gasteiger partial charge in [0, 0.05) is 0 Å². The predicted octanol–water partition coefficient (Wildman–Crippen LogP) is 0.387. The number of carbonyl (C=O) groups excluding carboxylic acids is 2. The van der Waals surface area contributed by atoms with Gasteiger partial charge in [-0.1, -0.05) is 0 Å². The van der Waals surface area contributed by atoms with Crippen LogP contribution in [0.2, 0.25) is 0 Å². The fourth-order valence-electron chi connectivity index (χ4n) is 2.22. The molecule has 6 heteroatoms. The number of amides is 1. The van der Waals surface area contributed by atoms with Gasteiger partial charge in [-0.15, -0.1) is 0 Å². The lowest BCUT2D eigenvalue weighted by molar-refractivity contribution is -0.153. The molecular weight excluding hydrogens is 226 g/mol. The van der Waals surface area contributed by atoms with Gasteiger partial charge in [-0.25, -0.2) is 4.79 Å². The fourth-order valence-corrected chi connectivity index (χ4v) is 2.22. The number of methoxy groups -OCH3 is 2. The zero-order valence-electron chi connectivity index (χ0n) is 10.6. The normalized spacial score (nSPS) is 24.6. The molecule has 0 aromatic carbocycles. The highest BCUT2D eigenvalue weighted by atomic mass is 16.5. The number of aliphatic hydroxyl groups is 1. The molecule has 1 amide bonds. The molecule has 2 atom stereocenters. The predicted molar refractivity (Wildman–Crippen MR) is 59.3 cm³/mol. The fraction of sp³-hybridized carbons (Fsp3) is 0.818. The maximum atomic E-state index is 11.7. The van der Waals surface area contributed by atoms with Gasteiger partial charge < -0.3 is 19.5 Å². The summed E-state index contributed by atoms with van der Waals surface area (Å²) < 4.78 is 9.37. The van der Waals surface area contributed by atoms with Gasteiger partial charge in [0.05, 0.1) is 38.3 Å². The molecule has 1 heterocycles. The minimum absolute atomic E-state index is 0.178. The van der Waals surface area contributed by atoms with Gasteiger partial charge in [-0.3, -0.25) is 4.79 Å². The molecular formula is C11H19NO5. The van der Waals surface area contributed by atoms with Gasteiger partial charge in [-0.05, 0) is 20.3 Å². The summed E-state index contributed by atoms with van der Waals surface area (Å²) in [5, 5.41) is 9.63. The van der Waals surface area contributed by atoms with E-state index in [-0.39, 0.29) is 6.54 Å². The standard InChI is InChI=1S/C11H19NO5/c1-11(2,9(14)16-3)8-5-7(13)6-12(8)10(15)17-4/h7-8,13H,5-6H2,1-4H3/t7-,8-/m1/s1. The van der Waals surface area contributed by atoms with Gasteiger partial charge in [-0.2, -0.15) is 0 Å². The van der Waals surface area contributed by atoms with E-state index in [1.54, 1.807) is 13.8 Å². The second-order valence-electron chi connectivity index (χ2n) is 4.74. The number of rotatable bonds is 2. The number of hydrogen-bond donors (Lipinski definition) is 1. The van der Waals surface area contributed by atoms with E-state index < -0.39 is 29.6 Å². The van der Waals surface area contributed by atoms with Crippen LogP contribution >= 0.6 is 0 Å². The number of hydrogen-bond acceptors (Lipinski definition) is 5. The Balaban J connectivity index is 2.94. The molecule has 1 N–H and O–H groups in total. The van der Waals surface area contributed by atoms with E-state index in [1.807, 2.05) is 0 Å². The van der Waals surface area contributed by atoms with Gasteiger partial charge in [0.1, 0.15) is 0 Å². The Bertz CT molecular complexity index is 315. The van der Waals surface area contributed by atoms with Crippen LogP contribution in [0.5, 0.6) is 0 Å². The van der Waals surface area contributed by atoms with E-state index >= 15 is 0 Å². The highest BCUT2D eigenvalue weighted by Crippen LogP contribution is 2.34.